The van der Waals surface area contributed by atoms with Crippen LogP contribution < -0.4 is 40.0 Å². The molecule has 36 heavy (non-hydrogen) atoms. The number of nitro benzene ring substituents is 1. The van der Waals surface area contributed by atoms with Crippen molar-refractivity contribution in [1.29, 1.82) is 0 Å². The van der Waals surface area contributed by atoms with Crippen molar-refractivity contribution in [2.24, 2.45) is 10.6 Å². The monoisotopic (exact) mass is 540 g/mol. The SMILES string of the molecule is CC(=O)O[B-](OC(C)=O)OC(C)=O.CC1(CNc2ccc(S(N)(=O)=O)cc2[N+](=O)[O-])CCOCC1.[Na+]. The van der Waals surface area contributed by atoms with Gasteiger partial charge in [-0.2, -0.15) is 0 Å². The zero-order chi connectivity index (χ0) is 26.8. The Bertz CT molecular complexity index is 1010. The predicted octanol–water partition coefficient (Wildman–Crippen LogP) is -1.86. The summed E-state index contributed by atoms with van der Waals surface area (Å²) in [5, 5.41) is 19.2. The van der Waals surface area contributed by atoms with Crippen LogP contribution in [0.15, 0.2) is 23.1 Å². The van der Waals surface area contributed by atoms with Crippen LogP contribution in [0.3, 0.4) is 0 Å². The van der Waals surface area contributed by atoms with Crippen molar-refractivity contribution >= 4 is 46.6 Å². The number of nitrogens with two attached hydrogens (primary N) is 1. The number of rotatable bonds is 8. The third-order valence-corrected chi connectivity index (χ3v) is 5.60. The van der Waals surface area contributed by atoms with Gasteiger partial charge in [-0.05, 0) is 30.4 Å². The van der Waals surface area contributed by atoms with Crippen molar-refractivity contribution in [2.75, 3.05) is 25.1 Å². The Hall–Kier alpha value is -2.24. The molecule has 0 unspecified atom stereocenters. The summed E-state index contributed by atoms with van der Waals surface area (Å²) in [6.07, 6.45) is 1.73. The number of hydrogen-bond donors (Lipinski definition) is 2. The Morgan fingerprint density at radius 2 is 1.58 bits per heavy atom. The van der Waals surface area contributed by atoms with Gasteiger partial charge in [0.05, 0.1) is 9.82 Å². The topological polar surface area (TPSA) is 203 Å². The van der Waals surface area contributed by atoms with Gasteiger partial charge in [0.1, 0.15) is 5.69 Å². The number of benzene rings is 1. The second-order valence-corrected chi connectivity index (χ2v) is 9.44. The predicted molar refractivity (Wildman–Crippen MR) is 122 cm³/mol. The Balaban J connectivity index is 0.000000758. The standard InChI is InChI=1S/C13H19N3O5S.C6H9BO6.Na/c1-13(4-6-21-7-5-13)9-15-11-3-2-10(22(14,19)20)8-12(11)16(17)18;1-4(8)11-7(12-5(2)9)13-6(3)10;/h2-3,8,15H,4-7,9H2,1H3,(H2,14,19,20);1-3H3;/q;-1;+1. The Morgan fingerprint density at radius 1 is 1.11 bits per heavy atom. The fraction of sp³-hybridized carbons (Fsp3) is 0.526. The van der Waals surface area contributed by atoms with Crippen molar-refractivity contribution in [3.8, 4) is 0 Å². The zero-order valence-corrected chi connectivity index (χ0v) is 23.6. The molecule has 0 amide bonds. The Kier molecular flexibility index (Phi) is 14.2. The van der Waals surface area contributed by atoms with Crippen molar-refractivity contribution < 1.29 is 76.0 Å². The average Bonchev–Trinajstić information content (AvgIpc) is 2.71. The number of nitro groups is 1. The minimum atomic E-state index is -3.97. The summed E-state index contributed by atoms with van der Waals surface area (Å²) in [7, 11) is -5.56. The van der Waals surface area contributed by atoms with Gasteiger partial charge in [-0.25, -0.2) is 13.6 Å². The second kappa shape index (κ2) is 15.1. The molecule has 0 saturated carbocycles. The van der Waals surface area contributed by atoms with Crippen LogP contribution in [0.2, 0.25) is 0 Å². The molecule has 0 spiro atoms. The smallest absolute Gasteiger partial charge is 0.642 e. The van der Waals surface area contributed by atoms with E-state index < -0.39 is 40.2 Å². The summed E-state index contributed by atoms with van der Waals surface area (Å²) in [4.78, 5) is 41.5. The van der Waals surface area contributed by atoms with Gasteiger partial charge >= 0.3 is 36.9 Å². The van der Waals surface area contributed by atoms with Crippen molar-refractivity contribution in [2.45, 2.75) is 45.4 Å². The van der Waals surface area contributed by atoms with Crippen LogP contribution in [0.1, 0.15) is 40.5 Å². The molecular formula is C19H28BN3NaO11S. The van der Waals surface area contributed by atoms with Crippen LogP contribution in [0.5, 0.6) is 0 Å². The third-order valence-electron chi connectivity index (χ3n) is 4.69. The van der Waals surface area contributed by atoms with E-state index in [-0.39, 0.29) is 51.2 Å². The van der Waals surface area contributed by atoms with E-state index in [2.05, 4.69) is 26.2 Å². The van der Waals surface area contributed by atoms with Crippen LogP contribution in [-0.4, -0.2) is 58.3 Å². The molecule has 1 heterocycles. The number of anilines is 1. The fourth-order valence-corrected chi connectivity index (χ4v) is 3.35. The number of carbonyl (C=O) groups excluding carboxylic acids is 3. The van der Waals surface area contributed by atoms with E-state index in [1.165, 1.54) is 12.1 Å². The molecule has 1 aliphatic rings. The summed E-state index contributed by atoms with van der Waals surface area (Å²) >= 11 is 0. The van der Waals surface area contributed by atoms with Gasteiger partial charge in [-0.1, -0.05) is 6.92 Å². The molecular weight excluding hydrogens is 512 g/mol. The summed E-state index contributed by atoms with van der Waals surface area (Å²) < 4.78 is 40.9. The molecule has 0 aromatic heterocycles. The van der Waals surface area contributed by atoms with E-state index in [0.29, 0.717) is 19.8 Å². The number of hydrogen-bond acceptors (Lipinski definition) is 12. The maximum Gasteiger partial charge on any atom is 1.00 e. The van der Waals surface area contributed by atoms with Crippen molar-refractivity contribution in [1.82, 2.24) is 0 Å². The van der Waals surface area contributed by atoms with Crippen molar-refractivity contribution in [3.63, 3.8) is 0 Å². The Morgan fingerprint density at radius 3 is 1.97 bits per heavy atom. The van der Waals surface area contributed by atoms with Gasteiger partial charge in [0.15, 0.2) is 0 Å². The first kappa shape index (κ1) is 33.8. The molecule has 2 rings (SSSR count). The summed E-state index contributed by atoms with van der Waals surface area (Å²) in [6.45, 7) is 7.27. The maximum atomic E-state index is 11.3. The first-order valence-electron chi connectivity index (χ1n) is 10.3. The van der Waals surface area contributed by atoms with Crippen LogP contribution >= 0.6 is 0 Å². The van der Waals surface area contributed by atoms with E-state index in [0.717, 1.165) is 39.7 Å². The molecule has 1 aromatic rings. The summed E-state index contributed by atoms with van der Waals surface area (Å²) in [6, 6.07) is 3.61. The number of primary sulfonamides is 1. The molecule has 14 nitrogen and oxygen atoms in total. The van der Waals surface area contributed by atoms with E-state index in [9.17, 15) is 32.9 Å². The first-order valence-corrected chi connectivity index (χ1v) is 11.8. The molecule has 1 aromatic carbocycles. The minimum Gasteiger partial charge on any atom is -0.642 e. The molecule has 17 heteroatoms. The molecule has 195 valence electrons. The molecule has 0 atom stereocenters. The van der Waals surface area contributed by atoms with E-state index >= 15 is 0 Å². The molecule has 0 aliphatic carbocycles. The first-order chi connectivity index (χ1) is 16.1. The Labute approximate surface area is 231 Å². The normalized spacial score (nSPS) is 14.3. The molecule has 1 fully saturated rings. The summed E-state index contributed by atoms with van der Waals surface area (Å²) in [5.41, 5.74) is -0.0302. The zero-order valence-electron chi connectivity index (χ0n) is 20.8. The fourth-order valence-electron chi connectivity index (χ4n) is 2.82. The molecule has 0 bridgehead atoms. The van der Waals surface area contributed by atoms with E-state index in [1.54, 1.807) is 0 Å². The number of ether oxygens (including phenoxy) is 1. The van der Waals surface area contributed by atoms with Gasteiger partial charge in [-0.3, -0.25) is 24.5 Å². The second-order valence-electron chi connectivity index (χ2n) is 7.87. The van der Waals surface area contributed by atoms with Crippen LogP contribution in [-0.2, 0) is 43.1 Å². The van der Waals surface area contributed by atoms with Crippen LogP contribution in [0.25, 0.3) is 0 Å². The maximum absolute atomic E-state index is 11.3. The summed E-state index contributed by atoms with van der Waals surface area (Å²) in [5.74, 6) is -2.15. The minimum absolute atomic E-state index is 0. The van der Waals surface area contributed by atoms with Crippen LogP contribution in [0.4, 0.5) is 11.4 Å². The molecule has 3 N–H and O–H groups in total. The van der Waals surface area contributed by atoms with Crippen LogP contribution in [0, 0.1) is 15.5 Å². The van der Waals surface area contributed by atoms with E-state index in [1.807, 2.05) is 0 Å². The number of nitrogens with zero attached hydrogens (tertiary/aromatic N) is 1. The van der Waals surface area contributed by atoms with Gasteiger partial charge < -0.3 is 24.0 Å². The largest absolute Gasteiger partial charge is 1.00 e. The van der Waals surface area contributed by atoms with Gasteiger partial charge in [0, 0.05) is 46.6 Å². The van der Waals surface area contributed by atoms with Gasteiger partial charge in [0.25, 0.3) is 23.6 Å². The molecule has 1 saturated heterocycles. The quantitative estimate of drug-likeness (QED) is 0.212. The number of nitrogens with one attached hydrogen (secondary N) is 1. The van der Waals surface area contributed by atoms with Gasteiger partial charge in [0.2, 0.25) is 10.0 Å². The van der Waals surface area contributed by atoms with Crippen molar-refractivity contribution in [3.05, 3.63) is 28.3 Å². The number of sulfonamides is 1. The number of carbonyl (C=O) groups is 3. The molecule has 1 aliphatic heterocycles. The average molecular weight is 540 g/mol. The molecule has 1 radical (unpaired) electrons. The van der Waals surface area contributed by atoms with Gasteiger partial charge in [-0.15, -0.1) is 0 Å². The van der Waals surface area contributed by atoms with E-state index in [4.69, 9.17) is 9.88 Å². The third kappa shape index (κ3) is 12.6.